The molecule has 0 bridgehead atoms. The third kappa shape index (κ3) is 5.18. The smallest absolute Gasteiger partial charge is 0.250 e. The number of hydrogen-bond donors (Lipinski definition) is 1. The van der Waals surface area contributed by atoms with E-state index in [4.69, 9.17) is 34.8 Å². The zero-order valence-corrected chi connectivity index (χ0v) is 19.5. The summed E-state index contributed by atoms with van der Waals surface area (Å²) in [5.41, 5.74) is 2.11. The highest BCUT2D eigenvalue weighted by molar-refractivity contribution is 7.90. The van der Waals surface area contributed by atoms with Gasteiger partial charge in [0.1, 0.15) is 0 Å². The van der Waals surface area contributed by atoms with Gasteiger partial charge in [-0.25, -0.2) is 18.1 Å². The van der Waals surface area contributed by atoms with E-state index >= 15 is 0 Å². The van der Waals surface area contributed by atoms with Gasteiger partial charge in [0.15, 0.2) is 21.5 Å². The molecule has 0 fully saturated rings. The molecule has 1 N–H and O–H groups in total. The number of nitrogens with zero attached hydrogens (tertiary/aromatic N) is 5. The van der Waals surface area contributed by atoms with Crippen LogP contribution in [0.2, 0.25) is 0 Å². The summed E-state index contributed by atoms with van der Waals surface area (Å²) in [7, 11) is -3.34. The molecule has 2 heterocycles. The first-order valence-corrected chi connectivity index (χ1v) is 12.1. The van der Waals surface area contributed by atoms with Crippen LogP contribution in [0.4, 0.5) is 11.6 Å². The Morgan fingerprint density at radius 2 is 1.62 bits per heavy atom. The van der Waals surface area contributed by atoms with Crippen molar-refractivity contribution in [3.63, 3.8) is 0 Å². The summed E-state index contributed by atoms with van der Waals surface area (Å²) in [5.74, 6) is 0.308. The molecule has 2 aromatic carbocycles. The standard InChI is InChI=1S/C20H15Cl3N6O2S/c1-32(30,31)16-9-3-13(4-10-16)17-26-18(20(21,22)23)28-19(27-17)25-14-5-7-15(8-6-14)29-12-2-11-24-29/h2-12H,1H3,(H,25,26,27,28). The maximum Gasteiger partial charge on any atom is 0.250 e. The third-order valence-corrected chi connectivity index (χ3v) is 5.96. The van der Waals surface area contributed by atoms with Crippen molar-refractivity contribution >= 4 is 56.3 Å². The van der Waals surface area contributed by atoms with Crippen LogP contribution in [0.15, 0.2) is 71.9 Å². The number of aromatic nitrogens is 5. The Morgan fingerprint density at radius 3 is 2.19 bits per heavy atom. The number of anilines is 2. The molecule has 0 unspecified atom stereocenters. The molecule has 4 rings (SSSR count). The molecule has 0 aliphatic heterocycles. The molecule has 0 amide bonds. The van der Waals surface area contributed by atoms with Crippen LogP contribution < -0.4 is 5.32 Å². The largest absolute Gasteiger partial charge is 0.324 e. The van der Waals surface area contributed by atoms with Crippen molar-refractivity contribution in [1.82, 2.24) is 24.7 Å². The predicted octanol–water partition coefficient (Wildman–Crippen LogP) is 4.70. The Labute approximate surface area is 199 Å². The van der Waals surface area contributed by atoms with Crippen molar-refractivity contribution in [1.29, 1.82) is 0 Å². The second kappa shape index (κ2) is 8.67. The molecule has 0 aliphatic carbocycles. The van der Waals surface area contributed by atoms with Crippen molar-refractivity contribution < 1.29 is 8.42 Å². The molecule has 0 saturated carbocycles. The maximum atomic E-state index is 11.7. The molecule has 0 aliphatic rings. The average molecular weight is 510 g/mol. The lowest BCUT2D eigenvalue weighted by atomic mass is 10.2. The summed E-state index contributed by atoms with van der Waals surface area (Å²) >= 11 is 18.1. The van der Waals surface area contributed by atoms with E-state index in [1.54, 1.807) is 23.0 Å². The Hall–Kier alpha value is -2.72. The van der Waals surface area contributed by atoms with Crippen molar-refractivity contribution in [2.24, 2.45) is 0 Å². The van der Waals surface area contributed by atoms with Crippen LogP contribution >= 0.6 is 34.8 Å². The van der Waals surface area contributed by atoms with E-state index in [0.29, 0.717) is 11.3 Å². The van der Waals surface area contributed by atoms with Gasteiger partial charge in [-0.2, -0.15) is 15.1 Å². The van der Waals surface area contributed by atoms with E-state index in [0.717, 1.165) is 11.9 Å². The van der Waals surface area contributed by atoms with Crippen LogP contribution in [-0.4, -0.2) is 39.4 Å². The first-order chi connectivity index (χ1) is 15.1. The van der Waals surface area contributed by atoms with Gasteiger partial charge >= 0.3 is 0 Å². The maximum absolute atomic E-state index is 11.7. The summed E-state index contributed by atoms with van der Waals surface area (Å²) in [6.07, 6.45) is 4.66. The fraction of sp³-hybridized carbons (Fsp3) is 0.100. The highest BCUT2D eigenvalue weighted by Crippen LogP contribution is 2.37. The Kier molecular flexibility index (Phi) is 6.09. The number of alkyl halides is 3. The summed E-state index contributed by atoms with van der Waals surface area (Å²) in [5, 5.41) is 7.26. The molecule has 2 aromatic heterocycles. The highest BCUT2D eigenvalue weighted by Gasteiger charge is 2.28. The first kappa shape index (κ1) is 22.5. The van der Waals surface area contributed by atoms with Gasteiger partial charge in [0, 0.05) is 29.9 Å². The van der Waals surface area contributed by atoms with Gasteiger partial charge < -0.3 is 5.32 Å². The van der Waals surface area contributed by atoms with Crippen molar-refractivity contribution in [3.05, 3.63) is 72.8 Å². The van der Waals surface area contributed by atoms with Crippen LogP contribution in [0.5, 0.6) is 0 Å². The van der Waals surface area contributed by atoms with E-state index in [-0.39, 0.29) is 22.5 Å². The second-order valence-electron chi connectivity index (χ2n) is 6.72. The number of nitrogens with one attached hydrogen (secondary N) is 1. The summed E-state index contributed by atoms with van der Waals surface area (Å²) < 4.78 is 23.3. The molecule has 8 nitrogen and oxygen atoms in total. The molecule has 32 heavy (non-hydrogen) atoms. The van der Waals surface area contributed by atoms with E-state index < -0.39 is 13.6 Å². The van der Waals surface area contributed by atoms with E-state index in [9.17, 15) is 8.42 Å². The zero-order chi connectivity index (χ0) is 22.9. The topological polar surface area (TPSA) is 103 Å². The predicted molar refractivity (Wildman–Crippen MR) is 124 cm³/mol. The molecular weight excluding hydrogens is 495 g/mol. The Bertz CT molecular complexity index is 1340. The zero-order valence-electron chi connectivity index (χ0n) is 16.4. The second-order valence-corrected chi connectivity index (χ2v) is 11.0. The molecule has 0 saturated heterocycles. The number of rotatable bonds is 5. The van der Waals surface area contributed by atoms with Gasteiger partial charge in [0.25, 0.3) is 0 Å². The summed E-state index contributed by atoms with van der Waals surface area (Å²) in [4.78, 5) is 13.0. The molecule has 0 spiro atoms. The quantitative estimate of drug-likeness (QED) is 0.389. The Morgan fingerprint density at radius 1 is 0.938 bits per heavy atom. The van der Waals surface area contributed by atoms with Gasteiger partial charge in [-0.3, -0.25) is 0 Å². The lowest BCUT2D eigenvalue weighted by Gasteiger charge is -2.13. The lowest BCUT2D eigenvalue weighted by Crippen LogP contribution is -2.12. The summed E-state index contributed by atoms with van der Waals surface area (Å²) in [6.45, 7) is 0. The van der Waals surface area contributed by atoms with Gasteiger partial charge in [0.2, 0.25) is 9.74 Å². The highest BCUT2D eigenvalue weighted by atomic mass is 35.6. The fourth-order valence-electron chi connectivity index (χ4n) is 2.79. The van der Waals surface area contributed by atoms with E-state index in [2.05, 4.69) is 25.4 Å². The third-order valence-electron chi connectivity index (χ3n) is 4.32. The lowest BCUT2D eigenvalue weighted by molar-refractivity contribution is 0.602. The van der Waals surface area contributed by atoms with Crippen molar-refractivity contribution in [2.75, 3.05) is 11.6 Å². The number of halogens is 3. The number of benzene rings is 2. The van der Waals surface area contributed by atoms with Gasteiger partial charge in [-0.1, -0.05) is 34.8 Å². The minimum Gasteiger partial charge on any atom is -0.324 e. The monoisotopic (exact) mass is 508 g/mol. The van der Waals surface area contributed by atoms with Gasteiger partial charge in [0.05, 0.1) is 10.6 Å². The molecule has 12 heteroatoms. The van der Waals surface area contributed by atoms with Crippen LogP contribution in [0.1, 0.15) is 5.82 Å². The molecule has 4 aromatic rings. The SMILES string of the molecule is CS(=O)(=O)c1ccc(-c2nc(Nc3ccc(-n4cccn4)cc3)nc(C(Cl)(Cl)Cl)n2)cc1. The molecule has 0 radical (unpaired) electrons. The van der Waals surface area contributed by atoms with E-state index in [1.165, 1.54) is 12.1 Å². The van der Waals surface area contributed by atoms with Crippen LogP contribution in [0.25, 0.3) is 17.1 Å². The van der Waals surface area contributed by atoms with E-state index in [1.807, 2.05) is 36.5 Å². The van der Waals surface area contributed by atoms with Crippen LogP contribution in [0, 0.1) is 0 Å². The normalized spacial score (nSPS) is 12.0. The number of hydrogen-bond acceptors (Lipinski definition) is 7. The van der Waals surface area contributed by atoms with Gasteiger partial charge in [-0.05, 0) is 54.6 Å². The minimum absolute atomic E-state index is 0.0737. The molecular formula is C20H15Cl3N6O2S. The molecule has 164 valence electrons. The molecule has 0 atom stereocenters. The van der Waals surface area contributed by atoms with Crippen LogP contribution in [-0.2, 0) is 13.6 Å². The van der Waals surface area contributed by atoms with Gasteiger partial charge in [-0.15, -0.1) is 0 Å². The van der Waals surface area contributed by atoms with Crippen molar-refractivity contribution in [2.45, 2.75) is 8.69 Å². The van der Waals surface area contributed by atoms with Crippen LogP contribution in [0.3, 0.4) is 0 Å². The Balaban J connectivity index is 1.68. The first-order valence-electron chi connectivity index (χ1n) is 9.10. The minimum atomic E-state index is -3.34. The summed E-state index contributed by atoms with van der Waals surface area (Å²) in [6, 6.07) is 15.3. The average Bonchev–Trinajstić information content (AvgIpc) is 3.28. The number of sulfone groups is 1. The fourth-order valence-corrected chi connectivity index (χ4v) is 3.67. The van der Waals surface area contributed by atoms with Crippen molar-refractivity contribution in [3.8, 4) is 17.1 Å².